The van der Waals surface area contributed by atoms with Gasteiger partial charge in [0.15, 0.2) is 5.82 Å². The van der Waals surface area contributed by atoms with Crippen LogP contribution < -0.4 is 10.6 Å². The molecule has 2 N–H and O–H groups in total. The summed E-state index contributed by atoms with van der Waals surface area (Å²) < 4.78 is 4.81. The number of carbonyl (C=O) groups is 2. The number of aryl methyl sites for hydroxylation is 1. The second-order valence-corrected chi connectivity index (χ2v) is 6.06. The number of aromatic nitrogens is 1. The van der Waals surface area contributed by atoms with Gasteiger partial charge in [-0.2, -0.15) is 0 Å². The Kier molecular flexibility index (Phi) is 4.30. The van der Waals surface area contributed by atoms with Gasteiger partial charge in [-0.15, -0.1) is 0 Å². The van der Waals surface area contributed by atoms with Crippen LogP contribution in [0.25, 0.3) is 0 Å². The maximum absolute atomic E-state index is 11.8. The molecule has 1 heterocycles. The van der Waals surface area contributed by atoms with Crippen molar-refractivity contribution < 1.29 is 14.1 Å². The minimum absolute atomic E-state index is 0.0325. The Labute approximate surface area is 128 Å². The molecule has 0 unspecified atom stereocenters. The van der Waals surface area contributed by atoms with Gasteiger partial charge in [-0.3, -0.25) is 14.9 Å². The van der Waals surface area contributed by atoms with E-state index in [9.17, 15) is 9.59 Å². The zero-order valence-electron chi connectivity index (χ0n) is 13.1. The Morgan fingerprint density at radius 3 is 2.14 bits per heavy atom. The molecule has 0 fully saturated rings. The molecular weight excluding hydrogens is 282 g/mol. The van der Waals surface area contributed by atoms with E-state index < -0.39 is 11.8 Å². The van der Waals surface area contributed by atoms with Crippen LogP contribution in [0.4, 0.5) is 11.5 Å². The molecule has 22 heavy (non-hydrogen) atoms. The Morgan fingerprint density at radius 1 is 1.05 bits per heavy atom. The van der Waals surface area contributed by atoms with Crippen molar-refractivity contribution in [1.82, 2.24) is 5.16 Å². The van der Waals surface area contributed by atoms with Gasteiger partial charge in [0.05, 0.1) is 0 Å². The molecule has 0 bridgehead atoms. The van der Waals surface area contributed by atoms with E-state index in [-0.39, 0.29) is 11.2 Å². The highest BCUT2D eigenvalue weighted by Crippen LogP contribution is 2.23. The smallest absolute Gasteiger partial charge is 0.315 e. The first kappa shape index (κ1) is 15.8. The third kappa shape index (κ3) is 3.94. The summed E-state index contributed by atoms with van der Waals surface area (Å²) >= 11 is 0. The minimum atomic E-state index is -0.798. The summed E-state index contributed by atoms with van der Waals surface area (Å²) in [6, 6.07) is 8.92. The van der Waals surface area contributed by atoms with E-state index in [0.717, 1.165) is 5.56 Å². The van der Waals surface area contributed by atoms with Crippen LogP contribution in [0.5, 0.6) is 0 Å². The number of hydrogen-bond donors (Lipinski definition) is 2. The Hall–Kier alpha value is -2.63. The molecule has 0 saturated heterocycles. The Morgan fingerprint density at radius 2 is 1.64 bits per heavy atom. The van der Waals surface area contributed by atoms with Crippen LogP contribution in [0, 0.1) is 6.92 Å². The zero-order valence-corrected chi connectivity index (χ0v) is 13.1. The molecule has 0 atom stereocenters. The van der Waals surface area contributed by atoms with Crippen LogP contribution in [-0.2, 0) is 15.0 Å². The maximum atomic E-state index is 11.8. The van der Waals surface area contributed by atoms with Crippen LogP contribution in [0.3, 0.4) is 0 Å². The fourth-order valence-corrected chi connectivity index (χ4v) is 1.84. The lowest BCUT2D eigenvalue weighted by Crippen LogP contribution is -2.29. The molecule has 0 spiro atoms. The highest BCUT2D eigenvalue weighted by atomic mass is 16.5. The largest absolute Gasteiger partial charge is 0.360 e. The molecule has 6 nitrogen and oxygen atoms in total. The number of anilines is 2. The highest BCUT2D eigenvalue weighted by Gasteiger charge is 2.17. The third-order valence-electron chi connectivity index (χ3n) is 3.08. The molecule has 0 aliphatic rings. The number of rotatable bonds is 2. The number of nitrogens with one attached hydrogen (secondary N) is 2. The molecule has 2 rings (SSSR count). The number of carbonyl (C=O) groups excluding carboxylic acids is 2. The molecular formula is C16H19N3O3. The van der Waals surface area contributed by atoms with E-state index in [1.54, 1.807) is 19.1 Å². The van der Waals surface area contributed by atoms with Crippen molar-refractivity contribution in [1.29, 1.82) is 0 Å². The van der Waals surface area contributed by atoms with Crippen molar-refractivity contribution in [3.8, 4) is 0 Å². The predicted octanol–water partition coefficient (Wildman–Crippen LogP) is 2.86. The highest BCUT2D eigenvalue weighted by molar-refractivity contribution is 6.43. The fourth-order valence-electron chi connectivity index (χ4n) is 1.84. The van der Waals surface area contributed by atoms with E-state index in [1.807, 2.05) is 12.1 Å². The lowest BCUT2D eigenvalue weighted by molar-refractivity contribution is -0.133. The van der Waals surface area contributed by atoms with Gasteiger partial charge in [-0.1, -0.05) is 38.1 Å². The summed E-state index contributed by atoms with van der Waals surface area (Å²) in [6.07, 6.45) is 0. The molecule has 2 amide bonds. The monoisotopic (exact) mass is 301 g/mol. The van der Waals surface area contributed by atoms with Crippen molar-refractivity contribution in [3.63, 3.8) is 0 Å². The first-order valence-electron chi connectivity index (χ1n) is 6.92. The topological polar surface area (TPSA) is 84.2 Å². The number of nitrogens with zero attached hydrogens (tertiary/aromatic N) is 1. The lowest BCUT2D eigenvalue weighted by atomic mass is 9.87. The summed E-state index contributed by atoms with van der Waals surface area (Å²) in [5.74, 6) is -0.799. The van der Waals surface area contributed by atoms with Crippen LogP contribution in [0.1, 0.15) is 32.1 Å². The van der Waals surface area contributed by atoms with E-state index in [1.165, 1.54) is 6.07 Å². The standard InChI is InChI=1S/C16H19N3O3/c1-10-9-13(19-22-10)18-15(21)14(20)17-12-7-5-11(6-8-12)16(2,3)4/h5-9H,1-4H3,(H,17,20)(H,18,19,21). The second-order valence-electron chi connectivity index (χ2n) is 6.06. The molecule has 0 aliphatic carbocycles. The fraction of sp³-hybridized carbons (Fsp3) is 0.312. The second kappa shape index (κ2) is 6.01. The zero-order chi connectivity index (χ0) is 16.3. The average molecular weight is 301 g/mol. The number of benzene rings is 1. The SMILES string of the molecule is Cc1cc(NC(=O)C(=O)Nc2ccc(C(C)(C)C)cc2)no1. The minimum Gasteiger partial charge on any atom is -0.360 e. The van der Waals surface area contributed by atoms with E-state index in [0.29, 0.717) is 11.4 Å². The van der Waals surface area contributed by atoms with Gasteiger partial charge < -0.3 is 9.84 Å². The normalized spacial score (nSPS) is 11.1. The maximum Gasteiger partial charge on any atom is 0.315 e. The van der Waals surface area contributed by atoms with Gasteiger partial charge in [-0.25, -0.2) is 0 Å². The van der Waals surface area contributed by atoms with Crippen LogP contribution in [0.15, 0.2) is 34.9 Å². The van der Waals surface area contributed by atoms with E-state index in [4.69, 9.17) is 4.52 Å². The summed E-state index contributed by atoms with van der Waals surface area (Å²) in [5, 5.41) is 8.50. The van der Waals surface area contributed by atoms with Crippen LogP contribution in [-0.4, -0.2) is 17.0 Å². The summed E-state index contributed by atoms with van der Waals surface area (Å²) in [6.45, 7) is 8.01. The quantitative estimate of drug-likeness (QED) is 0.835. The summed E-state index contributed by atoms with van der Waals surface area (Å²) in [7, 11) is 0. The van der Waals surface area contributed by atoms with Gasteiger partial charge in [0.25, 0.3) is 0 Å². The molecule has 1 aromatic heterocycles. The predicted molar refractivity (Wildman–Crippen MR) is 83.6 cm³/mol. The van der Waals surface area contributed by atoms with Gasteiger partial charge in [0, 0.05) is 11.8 Å². The molecule has 0 aliphatic heterocycles. The molecule has 6 heteroatoms. The molecule has 2 aromatic rings. The lowest BCUT2D eigenvalue weighted by Gasteiger charge is -2.19. The summed E-state index contributed by atoms with van der Waals surface area (Å²) in [5.41, 5.74) is 1.74. The van der Waals surface area contributed by atoms with Gasteiger partial charge >= 0.3 is 11.8 Å². The first-order chi connectivity index (χ1) is 10.3. The van der Waals surface area contributed by atoms with Crippen molar-refractivity contribution in [3.05, 3.63) is 41.7 Å². The average Bonchev–Trinajstić information content (AvgIpc) is 2.83. The van der Waals surface area contributed by atoms with Crippen molar-refractivity contribution in [2.45, 2.75) is 33.1 Å². The van der Waals surface area contributed by atoms with E-state index in [2.05, 4.69) is 36.6 Å². The van der Waals surface area contributed by atoms with Crippen LogP contribution >= 0.6 is 0 Å². The number of hydrogen-bond acceptors (Lipinski definition) is 4. The number of amides is 2. The molecule has 0 saturated carbocycles. The van der Waals surface area contributed by atoms with Gasteiger partial charge in [0.2, 0.25) is 0 Å². The van der Waals surface area contributed by atoms with Crippen molar-refractivity contribution in [2.75, 3.05) is 10.6 Å². The Balaban J connectivity index is 1.98. The molecule has 0 radical (unpaired) electrons. The van der Waals surface area contributed by atoms with Crippen LogP contribution in [0.2, 0.25) is 0 Å². The third-order valence-corrected chi connectivity index (χ3v) is 3.08. The van der Waals surface area contributed by atoms with Gasteiger partial charge in [-0.05, 0) is 30.0 Å². The molecule has 116 valence electrons. The molecule has 1 aromatic carbocycles. The van der Waals surface area contributed by atoms with Crippen molar-refractivity contribution in [2.24, 2.45) is 0 Å². The Bertz CT molecular complexity index is 681. The van der Waals surface area contributed by atoms with Gasteiger partial charge in [0.1, 0.15) is 5.76 Å². The van der Waals surface area contributed by atoms with E-state index >= 15 is 0 Å². The summed E-state index contributed by atoms with van der Waals surface area (Å²) in [4.78, 5) is 23.6. The first-order valence-corrected chi connectivity index (χ1v) is 6.92. The van der Waals surface area contributed by atoms with Crippen molar-refractivity contribution >= 4 is 23.3 Å².